The van der Waals surface area contributed by atoms with E-state index in [0.717, 1.165) is 38.2 Å². The van der Waals surface area contributed by atoms with Crippen molar-refractivity contribution in [2.75, 3.05) is 39.8 Å². The summed E-state index contributed by atoms with van der Waals surface area (Å²) in [6.07, 6.45) is 1.90. The molecule has 6 heteroatoms. The van der Waals surface area contributed by atoms with Crippen molar-refractivity contribution in [3.63, 3.8) is 0 Å². The molecule has 1 atom stereocenters. The summed E-state index contributed by atoms with van der Waals surface area (Å²) in [6, 6.07) is 7.32. The second-order valence-corrected chi connectivity index (χ2v) is 6.04. The van der Waals surface area contributed by atoms with Gasteiger partial charge >= 0.3 is 0 Å². The predicted molar refractivity (Wildman–Crippen MR) is 86.5 cm³/mol. The molecule has 0 spiro atoms. The molecule has 6 nitrogen and oxygen atoms in total. The Kier molecular flexibility index (Phi) is 4.81. The lowest BCUT2D eigenvalue weighted by Gasteiger charge is -2.41. The van der Waals surface area contributed by atoms with Gasteiger partial charge in [0, 0.05) is 37.8 Å². The number of carbonyl (C=O) groups is 2. The number of rotatable bonds is 3. The van der Waals surface area contributed by atoms with E-state index in [-0.39, 0.29) is 17.9 Å². The Morgan fingerprint density at radius 2 is 2.04 bits per heavy atom. The Hall–Kier alpha value is -2.08. The summed E-state index contributed by atoms with van der Waals surface area (Å²) in [5.74, 6) is 0.907. The molecule has 2 aliphatic rings. The van der Waals surface area contributed by atoms with E-state index in [1.54, 1.807) is 31.4 Å². The monoisotopic (exact) mass is 317 g/mol. The number of hydrogen-bond acceptors (Lipinski definition) is 4. The third kappa shape index (κ3) is 3.47. The number of methoxy groups -OCH3 is 1. The lowest BCUT2D eigenvalue weighted by atomic mass is 10.0. The van der Waals surface area contributed by atoms with Crippen molar-refractivity contribution in [2.24, 2.45) is 0 Å². The fourth-order valence-corrected chi connectivity index (χ4v) is 3.32. The molecule has 0 saturated carbocycles. The van der Waals surface area contributed by atoms with E-state index in [1.807, 2.05) is 9.80 Å². The van der Waals surface area contributed by atoms with E-state index < -0.39 is 0 Å². The fourth-order valence-electron chi connectivity index (χ4n) is 3.32. The lowest BCUT2D eigenvalue weighted by Crippen LogP contribution is -2.57. The lowest BCUT2D eigenvalue weighted by molar-refractivity contribution is -0.135. The van der Waals surface area contributed by atoms with Gasteiger partial charge in [-0.05, 0) is 37.1 Å². The maximum absolute atomic E-state index is 12.7. The number of benzene rings is 1. The SMILES string of the molecule is COc1ccc(C(=O)N2CCCC(N3CCNCC3=O)C2)cc1. The Bertz CT molecular complexity index is 573. The molecule has 2 amide bonds. The van der Waals surface area contributed by atoms with Crippen molar-refractivity contribution in [3.05, 3.63) is 29.8 Å². The summed E-state index contributed by atoms with van der Waals surface area (Å²) < 4.78 is 5.13. The van der Waals surface area contributed by atoms with Crippen LogP contribution in [0.3, 0.4) is 0 Å². The predicted octanol–water partition coefficient (Wildman–Crippen LogP) is 0.732. The molecule has 2 saturated heterocycles. The second-order valence-electron chi connectivity index (χ2n) is 6.04. The summed E-state index contributed by atoms with van der Waals surface area (Å²) in [7, 11) is 1.61. The summed E-state index contributed by atoms with van der Waals surface area (Å²) in [6.45, 7) is 3.34. The average Bonchev–Trinajstić information content (AvgIpc) is 2.62. The molecule has 1 aromatic rings. The second kappa shape index (κ2) is 7.00. The molecule has 1 aromatic carbocycles. The maximum Gasteiger partial charge on any atom is 0.253 e. The third-order valence-electron chi connectivity index (χ3n) is 4.59. The molecule has 1 N–H and O–H groups in total. The minimum atomic E-state index is 0.0277. The molecule has 2 fully saturated rings. The number of likely N-dealkylation sites (tertiary alicyclic amines) is 1. The number of piperidine rings is 1. The van der Waals surface area contributed by atoms with Crippen molar-refractivity contribution < 1.29 is 14.3 Å². The van der Waals surface area contributed by atoms with E-state index in [4.69, 9.17) is 4.74 Å². The Morgan fingerprint density at radius 3 is 2.74 bits per heavy atom. The van der Waals surface area contributed by atoms with E-state index in [1.165, 1.54) is 0 Å². The van der Waals surface area contributed by atoms with Crippen LogP contribution in [-0.2, 0) is 4.79 Å². The molecule has 124 valence electrons. The van der Waals surface area contributed by atoms with Gasteiger partial charge in [-0.1, -0.05) is 0 Å². The van der Waals surface area contributed by atoms with Crippen molar-refractivity contribution >= 4 is 11.8 Å². The molecule has 2 aliphatic heterocycles. The minimum Gasteiger partial charge on any atom is -0.497 e. The van der Waals surface area contributed by atoms with Gasteiger partial charge in [-0.25, -0.2) is 0 Å². The molecule has 0 aliphatic carbocycles. The van der Waals surface area contributed by atoms with E-state index >= 15 is 0 Å². The highest BCUT2D eigenvalue weighted by atomic mass is 16.5. The van der Waals surface area contributed by atoms with Crippen molar-refractivity contribution in [1.82, 2.24) is 15.1 Å². The zero-order chi connectivity index (χ0) is 16.2. The summed E-state index contributed by atoms with van der Waals surface area (Å²) >= 11 is 0. The highest BCUT2D eigenvalue weighted by Gasteiger charge is 2.31. The van der Waals surface area contributed by atoms with Crippen LogP contribution in [0.5, 0.6) is 5.75 Å². The van der Waals surface area contributed by atoms with Crippen LogP contribution in [0.4, 0.5) is 0 Å². The van der Waals surface area contributed by atoms with Gasteiger partial charge in [0.05, 0.1) is 13.7 Å². The first-order chi connectivity index (χ1) is 11.2. The number of nitrogens with one attached hydrogen (secondary N) is 1. The van der Waals surface area contributed by atoms with Crippen molar-refractivity contribution in [3.8, 4) is 5.75 Å². The van der Waals surface area contributed by atoms with Gasteiger partial charge < -0.3 is 19.9 Å². The van der Waals surface area contributed by atoms with E-state index in [0.29, 0.717) is 18.7 Å². The molecule has 0 aromatic heterocycles. The quantitative estimate of drug-likeness (QED) is 0.893. The zero-order valence-corrected chi connectivity index (χ0v) is 13.5. The molecule has 23 heavy (non-hydrogen) atoms. The van der Waals surface area contributed by atoms with E-state index in [9.17, 15) is 9.59 Å². The smallest absolute Gasteiger partial charge is 0.253 e. The summed E-state index contributed by atoms with van der Waals surface area (Å²) in [4.78, 5) is 28.5. The third-order valence-corrected chi connectivity index (χ3v) is 4.59. The van der Waals surface area contributed by atoms with Crippen LogP contribution >= 0.6 is 0 Å². The van der Waals surface area contributed by atoms with Crippen LogP contribution in [0.25, 0.3) is 0 Å². The van der Waals surface area contributed by atoms with E-state index in [2.05, 4.69) is 5.32 Å². The fraction of sp³-hybridized carbons (Fsp3) is 0.529. The first-order valence-corrected chi connectivity index (χ1v) is 8.12. The number of nitrogens with zero attached hydrogens (tertiary/aromatic N) is 2. The Morgan fingerprint density at radius 1 is 1.26 bits per heavy atom. The Labute approximate surface area is 136 Å². The molecule has 3 rings (SSSR count). The number of ether oxygens (including phenoxy) is 1. The van der Waals surface area contributed by atoms with Gasteiger partial charge in [0.1, 0.15) is 5.75 Å². The van der Waals surface area contributed by atoms with Gasteiger partial charge in [0.2, 0.25) is 5.91 Å². The first-order valence-electron chi connectivity index (χ1n) is 8.12. The number of piperazine rings is 1. The van der Waals surface area contributed by atoms with Crippen LogP contribution in [0.2, 0.25) is 0 Å². The van der Waals surface area contributed by atoms with Gasteiger partial charge in [0.15, 0.2) is 0 Å². The topological polar surface area (TPSA) is 61.9 Å². The van der Waals surface area contributed by atoms with Crippen molar-refractivity contribution in [1.29, 1.82) is 0 Å². The van der Waals surface area contributed by atoms with Gasteiger partial charge in [-0.15, -0.1) is 0 Å². The van der Waals surface area contributed by atoms with Crippen LogP contribution in [0.1, 0.15) is 23.2 Å². The van der Waals surface area contributed by atoms with Crippen LogP contribution in [-0.4, -0.2) is 67.5 Å². The molecular weight excluding hydrogens is 294 g/mol. The normalized spacial score (nSPS) is 22.1. The molecule has 0 bridgehead atoms. The van der Waals surface area contributed by atoms with Crippen LogP contribution in [0, 0.1) is 0 Å². The number of carbonyl (C=O) groups excluding carboxylic acids is 2. The average molecular weight is 317 g/mol. The minimum absolute atomic E-state index is 0.0277. The van der Waals surface area contributed by atoms with Gasteiger partial charge in [0.25, 0.3) is 5.91 Å². The summed E-state index contributed by atoms with van der Waals surface area (Å²) in [5.41, 5.74) is 0.665. The summed E-state index contributed by atoms with van der Waals surface area (Å²) in [5, 5.41) is 3.09. The highest BCUT2D eigenvalue weighted by Crippen LogP contribution is 2.20. The van der Waals surface area contributed by atoms with Gasteiger partial charge in [-0.3, -0.25) is 9.59 Å². The van der Waals surface area contributed by atoms with Crippen molar-refractivity contribution in [2.45, 2.75) is 18.9 Å². The van der Waals surface area contributed by atoms with Crippen LogP contribution < -0.4 is 10.1 Å². The molecule has 2 heterocycles. The van der Waals surface area contributed by atoms with Crippen LogP contribution in [0.15, 0.2) is 24.3 Å². The zero-order valence-electron chi connectivity index (χ0n) is 13.5. The Balaban J connectivity index is 1.67. The first kappa shape index (κ1) is 15.8. The number of hydrogen-bond donors (Lipinski definition) is 1. The highest BCUT2D eigenvalue weighted by molar-refractivity contribution is 5.94. The standard InChI is InChI=1S/C17H23N3O3/c1-23-15-6-4-13(5-7-15)17(22)19-9-2-3-14(12-19)20-10-8-18-11-16(20)21/h4-7,14,18H,2-3,8-12H2,1H3. The molecule has 1 unspecified atom stereocenters. The maximum atomic E-state index is 12.7. The molecular formula is C17H23N3O3. The van der Waals surface area contributed by atoms with Gasteiger partial charge in [-0.2, -0.15) is 0 Å². The largest absolute Gasteiger partial charge is 0.497 e. The molecule has 0 radical (unpaired) electrons. The number of amides is 2.